The number of benzene rings is 2. The van der Waals surface area contributed by atoms with Gasteiger partial charge in [-0.05, 0) is 43.2 Å². The minimum Gasteiger partial charge on any atom is -0.495 e. The van der Waals surface area contributed by atoms with Crippen molar-refractivity contribution in [3.05, 3.63) is 53.6 Å². The van der Waals surface area contributed by atoms with E-state index in [2.05, 4.69) is 5.32 Å². The van der Waals surface area contributed by atoms with Gasteiger partial charge in [0.2, 0.25) is 0 Å². The number of rotatable bonds is 6. The minimum atomic E-state index is -3.49. The summed E-state index contributed by atoms with van der Waals surface area (Å²) in [4.78, 5) is 12.7. The Morgan fingerprint density at radius 2 is 1.88 bits per heavy atom. The molecule has 1 amide bonds. The Kier molecular flexibility index (Phi) is 5.62. The van der Waals surface area contributed by atoms with Crippen molar-refractivity contribution in [3.63, 3.8) is 0 Å². The molecule has 2 rings (SSSR count). The lowest BCUT2D eigenvalue weighted by Gasteiger charge is -2.13. The number of carbonyl (C=O) groups is 1. The molecule has 1 N–H and O–H groups in total. The summed E-state index contributed by atoms with van der Waals surface area (Å²) in [5.41, 5.74) is 1.60. The van der Waals surface area contributed by atoms with Crippen molar-refractivity contribution in [3.8, 4) is 5.75 Å². The number of ether oxygens (including phenoxy) is 1. The summed E-state index contributed by atoms with van der Waals surface area (Å²) in [5, 5.41) is 2.74. The van der Waals surface area contributed by atoms with Crippen molar-refractivity contribution in [1.29, 1.82) is 0 Å². The Hall–Kier alpha value is -2.34. The van der Waals surface area contributed by atoms with Crippen LogP contribution in [0.25, 0.3) is 0 Å². The van der Waals surface area contributed by atoms with Crippen molar-refractivity contribution in [1.82, 2.24) is 0 Å². The molecular weight excluding hydrogens is 326 g/mol. The lowest BCUT2D eigenvalue weighted by molar-refractivity contribution is 0.102. The molecule has 0 aliphatic rings. The van der Waals surface area contributed by atoms with Crippen molar-refractivity contribution in [2.75, 3.05) is 18.2 Å². The normalized spacial score (nSPS) is 11.1. The van der Waals surface area contributed by atoms with E-state index in [1.807, 2.05) is 13.0 Å². The van der Waals surface area contributed by atoms with Gasteiger partial charge in [-0.1, -0.05) is 25.1 Å². The van der Waals surface area contributed by atoms with Crippen LogP contribution in [-0.2, 0) is 9.84 Å². The van der Waals surface area contributed by atoms with E-state index in [1.54, 1.807) is 31.2 Å². The third-order valence-corrected chi connectivity index (χ3v) is 5.51. The minimum absolute atomic E-state index is 0.00502. The molecule has 0 aliphatic carbocycles. The standard InChI is InChI=1S/C18H21NO4S/c1-4-11-24(21,22)17-8-6-5-7-14(17)18(20)19-15-12-13(2)9-10-16(15)23-3/h5-10,12H,4,11H2,1-3H3,(H,19,20). The van der Waals surface area contributed by atoms with Gasteiger partial charge in [-0.3, -0.25) is 4.79 Å². The molecule has 0 atom stereocenters. The van der Waals surface area contributed by atoms with Crippen LogP contribution in [0.1, 0.15) is 29.3 Å². The molecule has 0 unspecified atom stereocenters. The molecule has 0 bridgehead atoms. The number of amides is 1. The third-order valence-electron chi connectivity index (χ3n) is 3.54. The number of anilines is 1. The van der Waals surface area contributed by atoms with E-state index in [0.29, 0.717) is 17.9 Å². The summed E-state index contributed by atoms with van der Waals surface area (Å²) in [7, 11) is -1.98. The van der Waals surface area contributed by atoms with Crippen LogP contribution in [0, 0.1) is 6.92 Å². The highest BCUT2D eigenvalue weighted by Crippen LogP contribution is 2.27. The summed E-state index contributed by atoms with van der Waals surface area (Å²) in [6.07, 6.45) is 0.490. The highest BCUT2D eigenvalue weighted by Gasteiger charge is 2.22. The van der Waals surface area contributed by atoms with Crippen molar-refractivity contribution in [2.24, 2.45) is 0 Å². The number of hydrogen-bond acceptors (Lipinski definition) is 4. The van der Waals surface area contributed by atoms with Crippen LogP contribution in [0.3, 0.4) is 0 Å². The second kappa shape index (κ2) is 7.49. The molecule has 2 aromatic rings. The van der Waals surface area contributed by atoms with Gasteiger partial charge in [0.1, 0.15) is 5.75 Å². The van der Waals surface area contributed by atoms with E-state index in [1.165, 1.54) is 19.2 Å². The molecule has 6 heteroatoms. The van der Waals surface area contributed by atoms with Gasteiger partial charge in [-0.2, -0.15) is 0 Å². The number of aryl methyl sites for hydroxylation is 1. The zero-order valence-corrected chi connectivity index (χ0v) is 14.8. The van der Waals surface area contributed by atoms with Gasteiger partial charge in [0.25, 0.3) is 5.91 Å². The van der Waals surface area contributed by atoms with Crippen LogP contribution < -0.4 is 10.1 Å². The first kappa shape index (κ1) is 18.0. The fourth-order valence-electron chi connectivity index (χ4n) is 2.41. The number of sulfone groups is 1. The molecular formula is C18H21NO4S. The van der Waals surface area contributed by atoms with Crippen LogP contribution in [0.5, 0.6) is 5.75 Å². The van der Waals surface area contributed by atoms with E-state index in [4.69, 9.17) is 4.74 Å². The first-order valence-corrected chi connectivity index (χ1v) is 9.32. The number of hydrogen-bond donors (Lipinski definition) is 1. The van der Waals surface area contributed by atoms with Gasteiger partial charge in [-0.15, -0.1) is 0 Å². The van der Waals surface area contributed by atoms with Crippen molar-refractivity contribution >= 4 is 21.4 Å². The van der Waals surface area contributed by atoms with Crippen LogP contribution in [-0.4, -0.2) is 27.2 Å². The molecule has 0 spiro atoms. The molecule has 2 aromatic carbocycles. The monoisotopic (exact) mass is 347 g/mol. The van der Waals surface area contributed by atoms with Gasteiger partial charge in [0, 0.05) is 0 Å². The average molecular weight is 347 g/mol. The zero-order chi connectivity index (χ0) is 17.7. The third kappa shape index (κ3) is 3.94. The maximum absolute atomic E-state index is 12.6. The molecule has 128 valence electrons. The lowest BCUT2D eigenvalue weighted by Crippen LogP contribution is -2.18. The highest BCUT2D eigenvalue weighted by atomic mass is 32.2. The first-order valence-electron chi connectivity index (χ1n) is 7.67. The van der Waals surface area contributed by atoms with Crippen LogP contribution in [0.4, 0.5) is 5.69 Å². The number of methoxy groups -OCH3 is 1. The average Bonchev–Trinajstić information content (AvgIpc) is 2.55. The lowest BCUT2D eigenvalue weighted by atomic mass is 10.1. The second-order valence-electron chi connectivity index (χ2n) is 5.47. The fourth-order valence-corrected chi connectivity index (χ4v) is 3.95. The van der Waals surface area contributed by atoms with Gasteiger partial charge < -0.3 is 10.1 Å². The first-order chi connectivity index (χ1) is 11.4. The molecule has 0 radical (unpaired) electrons. The molecule has 0 aliphatic heterocycles. The Balaban J connectivity index is 2.40. The smallest absolute Gasteiger partial charge is 0.257 e. The molecule has 0 saturated carbocycles. The highest BCUT2D eigenvalue weighted by molar-refractivity contribution is 7.91. The van der Waals surface area contributed by atoms with Crippen LogP contribution in [0.15, 0.2) is 47.4 Å². The molecule has 24 heavy (non-hydrogen) atoms. The molecule has 0 aromatic heterocycles. The molecule has 0 fully saturated rings. The Morgan fingerprint density at radius 1 is 1.17 bits per heavy atom. The van der Waals surface area contributed by atoms with Crippen LogP contribution in [0.2, 0.25) is 0 Å². The summed E-state index contributed by atoms with van der Waals surface area (Å²) in [6, 6.07) is 11.6. The predicted octanol–water partition coefficient (Wildman–Crippen LogP) is 3.44. The topological polar surface area (TPSA) is 72.5 Å². The SMILES string of the molecule is CCCS(=O)(=O)c1ccccc1C(=O)Nc1cc(C)ccc1OC. The van der Waals surface area contributed by atoms with Gasteiger partial charge in [0.05, 0.1) is 29.0 Å². The van der Waals surface area contributed by atoms with Gasteiger partial charge in [0.15, 0.2) is 9.84 Å². The largest absolute Gasteiger partial charge is 0.495 e. The molecule has 0 saturated heterocycles. The summed E-state index contributed by atoms with van der Waals surface area (Å²) >= 11 is 0. The Labute approximate surface area is 142 Å². The number of carbonyl (C=O) groups excluding carboxylic acids is 1. The van der Waals surface area contributed by atoms with Crippen LogP contribution >= 0.6 is 0 Å². The Bertz CT molecular complexity index is 844. The molecule has 0 heterocycles. The van der Waals surface area contributed by atoms with Gasteiger partial charge >= 0.3 is 0 Å². The van der Waals surface area contributed by atoms with E-state index >= 15 is 0 Å². The predicted molar refractivity (Wildman–Crippen MR) is 94.5 cm³/mol. The van der Waals surface area contributed by atoms with Gasteiger partial charge in [-0.25, -0.2) is 8.42 Å². The Morgan fingerprint density at radius 3 is 2.54 bits per heavy atom. The fraction of sp³-hybridized carbons (Fsp3) is 0.278. The maximum atomic E-state index is 12.6. The van der Waals surface area contributed by atoms with Crippen molar-refractivity contribution < 1.29 is 17.9 Å². The summed E-state index contributed by atoms with van der Waals surface area (Å²) in [6.45, 7) is 3.69. The van der Waals surface area contributed by atoms with E-state index < -0.39 is 15.7 Å². The summed E-state index contributed by atoms with van der Waals surface area (Å²) < 4.78 is 30.0. The summed E-state index contributed by atoms with van der Waals surface area (Å²) in [5.74, 6) is 0.0439. The number of nitrogens with one attached hydrogen (secondary N) is 1. The quantitative estimate of drug-likeness (QED) is 0.869. The van der Waals surface area contributed by atoms with E-state index in [0.717, 1.165) is 5.56 Å². The maximum Gasteiger partial charge on any atom is 0.257 e. The molecule has 5 nitrogen and oxygen atoms in total. The van der Waals surface area contributed by atoms with Crippen molar-refractivity contribution in [2.45, 2.75) is 25.2 Å². The second-order valence-corrected chi connectivity index (χ2v) is 7.55. The zero-order valence-electron chi connectivity index (χ0n) is 14.0. The van der Waals surface area contributed by atoms with E-state index in [9.17, 15) is 13.2 Å². The van der Waals surface area contributed by atoms with E-state index in [-0.39, 0.29) is 16.2 Å².